The Balaban J connectivity index is 2.34. The molecule has 3 nitrogen and oxygen atoms in total. The average molecular weight is 115 g/mol. The van der Waals surface area contributed by atoms with Crippen LogP contribution in [0.2, 0.25) is 0 Å². The SMILES string of the molecule is O=C1C[C@H](O)CCN1. The molecule has 1 rings (SSSR count). The van der Waals surface area contributed by atoms with Crippen LogP contribution in [-0.2, 0) is 4.79 Å². The smallest absolute Gasteiger partial charge is 0.222 e. The van der Waals surface area contributed by atoms with Crippen molar-refractivity contribution in [3.63, 3.8) is 0 Å². The van der Waals surface area contributed by atoms with Crippen LogP contribution in [0.25, 0.3) is 0 Å². The molecule has 0 spiro atoms. The zero-order valence-corrected chi connectivity index (χ0v) is 4.55. The molecule has 0 unspecified atom stereocenters. The normalized spacial score (nSPS) is 29.6. The third-order valence-electron chi connectivity index (χ3n) is 1.22. The van der Waals surface area contributed by atoms with Gasteiger partial charge in [0.15, 0.2) is 0 Å². The molecule has 0 saturated carbocycles. The van der Waals surface area contributed by atoms with Crippen LogP contribution < -0.4 is 5.32 Å². The molecule has 1 fully saturated rings. The number of rotatable bonds is 0. The number of amides is 1. The molecule has 46 valence electrons. The van der Waals surface area contributed by atoms with Crippen molar-refractivity contribution in [1.82, 2.24) is 5.32 Å². The Hall–Kier alpha value is -0.570. The van der Waals surface area contributed by atoms with E-state index in [-0.39, 0.29) is 12.3 Å². The van der Waals surface area contributed by atoms with Gasteiger partial charge in [0.25, 0.3) is 0 Å². The maximum absolute atomic E-state index is 10.4. The van der Waals surface area contributed by atoms with E-state index in [1.165, 1.54) is 0 Å². The van der Waals surface area contributed by atoms with E-state index in [0.29, 0.717) is 13.0 Å². The number of aliphatic hydroxyl groups is 1. The standard InChI is InChI=1S/C5H9NO2/c7-4-1-2-6-5(8)3-4/h4,7H,1-3H2,(H,6,8)/t4-/m1/s1. The van der Waals surface area contributed by atoms with E-state index in [1.54, 1.807) is 0 Å². The van der Waals surface area contributed by atoms with Gasteiger partial charge in [-0.05, 0) is 6.42 Å². The van der Waals surface area contributed by atoms with Gasteiger partial charge in [0.05, 0.1) is 12.5 Å². The first-order valence-electron chi connectivity index (χ1n) is 2.74. The zero-order valence-electron chi connectivity index (χ0n) is 4.55. The lowest BCUT2D eigenvalue weighted by molar-refractivity contribution is -0.124. The number of carbonyl (C=O) groups is 1. The molecule has 0 radical (unpaired) electrons. The molecule has 8 heavy (non-hydrogen) atoms. The van der Waals surface area contributed by atoms with Gasteiger partial charge in [-0.25, -0.2) is 0 Å². The summed E-state index contributed by atoms with van der Waals surface area (Å²) in [6.45, 7) is 0.625. The van der Waals surface area contributed by atoms with Crippen LogP contribution in [0.4, 0.5) is 0 Å². The summed E-state index contributed by atoms with van der Waals surface area (Å²) >= 11 is 0. The molecule has 2 N–H and O–H groups in total. The quantitative estimate of drug-likeness (QED) is 0.436. The highest BCUT2D eigenvalue weighted by atomic mass is 16.3. The van der Waals surface area contributed by atoms with E-state index in [9.17, 15) is 4.79 Å². The molecule has 0 aromatic heterocycles. The Morgan fingerprint density at radius 3 is 2.88 bits per heavy atom. The van der Waals surface area contributed by atoms with Crippen molar-refractivity contribution in [1.29, 1.82) is 0 Å². The molecule has 0 bridgehead atoms. The maximum Gasteiger partial charge on any atom is 0.222 e. The van der Waals surface area contributed by atoms with Gasteiger partial charge in [-0.15, -0.1) is 0 Å². The van der Waals surface area contributed by atoms with Gasteiger partial charge in [0.2, 0.25) is 5.91 Å². The minimum Gasteiger partial charge on any atom is -0.393 e. The Kier molecular flexibility index (Phi) is 1.48. The molecular weight excluding hydrogens is 106 g/mol. The lowest BCUT2D eigenvalue weighted by atomic mass is 10.1. The molecule has 1 aliphatic heterocycles. The molecule has 0 aromatic carbocycles. The molecule has 0 aliphatic carbocycles. The number of carbonyl (C=O) groups excluding carboxylic acids is 1. The molecular formula is C5H9NO2. The van der Waals surface area contributed by atoms with Crippen LogP contribution in [0.3, 0.4) is 0 Å². The van der Waals surface area contributed by atoms with E-state index in [1.807, 2.05) is 0 Å². The first kappa shape index (κ1) is 5.56. The lowest BCUT2D eigenvalue weighted by Gasteiger charge is -2.15. The number of aliphatic hydroxyl groups excluding tert-OH is 1. The van der Waals surface area contributed by atoms with Gasteiger partial charge in [-0.3, -0.25) is 4.79 Å². The summed E-state index contributed by atoms with van der Waals surface area (Å²) in [5.74, 6) is -0.0382. The first-order valence-corrected chi connectivity index (χ1v) is 2.74. The van der Waals surface area contributed by atoms with Gasteiger partial charge in [0.1, 0.15) is 0 Å². The summed E-state index contributed by atoms with van der Waals surface area (Å²) in [7, 11) is 0. The van der Waals surface area contributed by atoms with Gasteiger partial charge in [-0.2, -0.15) is 0 Å². The summed E-state index contributed by atoms with van der Waals surface area (Å²) in [5.41, 5.74) is 0. The molecule has 1 amide bonds. The van der Waals surface area contributed by atoms with Crippen LogP contribution in [0, 0.1) is 0 Å². The largest absolute Gasteiger partial charge is 0.393 e. The monoisotopic (exact) mass is 115 g/mol. The van der Waals surface area contributed by atoms with E-state index >= 15 is 0 Å². The van der Waals surface area contributed by atoms with Gasteiger partial charge in [-0.1, -0.05) is 0 Å². The van der Waals surface area contributed by atoms with E-state index in [2.05, 4.69) is 5.32 Å². The van der Waals surface area contributed by atoms with Crippen LogP contribution in [0.15, 0.2) is 0 Å². The van der Waals surface area contributed by atoms with Crippen molar-refractivity contribution < 1.29 is 9.90 Å². The van der Waals surface area contributed by atoms with Crippen molar-refractivity contribution in [2.75, 3.05) is 6.54 Å². The summed E-state index contributed by atoms with van der Waals surface area (Å²) < 4.78 is 0. The summed E-state index contributed by atoms with van der Waals surface area (Å²) in [4.78, 5) is 10.4. The topological polar surface area (TPSA) is 49.3 Å². The first-order chi connectivity index (χ1) is 3.79. The summed E-state index contributed by atoms with van der Waals surface area (Å²) in [6.07, 6.45) is 0.579. The maximum atomic E-state index is 10.4. The van der Waals surface area contributed by atoms with Crippen molar-refractivity contribution in [3.8, 4) is 0 Å². The van der Waals surface area contributed by atoms with E-state index < -0.39 is 6.10 Å². The molecule has 0 aromatic rings. The molecule has 1 saturated heterocycles. The summed E-state index contributed by atoms with van der Waals surface area (Å²) in [5, 5.41) is 11.4. The van der Waals surface area contributed by atoms with Crippen LogP contribution >= 0.6 is 0 Å². The highest BCUT2D eigenvalue weighted by Gasteiger charge is 2.14. The second-order valence-corrected chi connectivity index (χ2v) is 2.00. The van der Waals surface area contributed by atoms with Crippen molar-refractivity contribution >= 4 is 5.91 Å². The Bertz CT molecular complexity index is 103. The minimum atomic E-state index is -0.399. The zero-order chi connectivity index (χ0) is 5.98. The minimum absolute atomic E-state index is 0.0382. The third kappa shape index (κ3) is 1.20. The number of hydrogen-bond donors (Lipinski definition) is 2. The third-order valence-corrected chi connectivity index (χ3v) is 1.22. The fraction of sp³-hybridized carbons (Fsp3) is 0.800. The van der Waals surface area contributed by atoms with Crippen molar-refractivity contribution in [2.24, 2.45) is 0 Å². The predicted molar refractivity (Wildman–Crippen MR) is 28.3 cm³/mol. The fourth-order valence-corrected chi connectivity index (χ4v) is 0.766. The molecule has 1 aliphatic rings. The van der Waals surface area contributed by atoms with Gasteiger partial charge >= 0.3 is 0 Å². The molecule has 1 heterocycles. The number of nitrogens with one attached hydrogen (secondary N) is 1. The van der Waals surface area contributed by atoms with E-state index in [0.717, 1.165) is 0 Å². The van der Waals surface area contributed by atoms with Gasteiger partial charge < -0.3 is 10.4 Å². The Morgan fingerprint density at radius 1 is 1.75 bits per heavy atom. The van der Waals surface area contributed by atoms with Crippen LogP contribution in [0.1, 0.15) is 12.8 Å². The second-order valence-electron chi connectivity index (χ2n) is 2.00. The van der Waals surface area contributed by atoms with Gasteiger partial charge in [0, 0.05) is 6.54 Å². The van der Waals surface area contributed by atoms with Crippen molar-refractivity contribution in [3.05, 3.63) is 0 Å². The summed E-state index contributed by atoms with van der Waals surface area (Å²) in [6, 6.07) is 0. The number of piperidine rings is 1. The molecule has 1 atom stereocenters. The average Bonchev–Trinajstić information content (AvgIpc) is 1.64. The Labute approximate surface area is 47.7 Å². The number of hydrogen-bond acceptors (Lipinski definition) is 2. The van der Waals surface area contributed by atoms with Crippen LogP contribution in [0.5, 0.6) is 0 Å². The predicted octanol–water partition coefficient (Wildman–Crippen LogP) is -0.743. The van der Waals surface area contributed by atoms with E-state index in [4.69, 9.17) is 5.11 Å². The van der Waals surface area contributed by atoms with Crippen molar-refractivity contribution in [2.45, 2.75) is 18.9 Å². The molecule has 3 heteroatoms. The fourth-order valence-electron chi connectivity index (χ4n) is 0.766. The highest BCUT2D eigenvalue weighted by molar-refractivity contribution is 5.77. The second kappa shape index (κ2) is 2.13. The van der Waals surface area contributed by atoms with Crippen LogP contribution in [-0.4, -0.2) is 23.7 Å². The lowest BCUT2D eigenvalue weighted by Crippen LogP contribution is -2.35. The highest BCUT2D eigenvalue weighted by Crippen LogP contribution is 2.00. The Morgan fingerprint density at radius 2 is 2.50 bits per heavy atom.